The molecule has 7 heteroatoms. The third-order valence-corrected chi connectivity index (χ3v) is 9.46. The first kappa shape index (κ1) is 23.9. The highest BCUT2D eigenvalue weighted by Gasteiger charge is 2.48. The molecule has 4 heterocycles. The zero-order chi connectivity index (χ0) is 23.7. The van der Waals surface area contributed by atoms with E-state index >= 15 is 0 Å². The summed E-state index contributed by atoms with van der Waals surface area (Å²) in [6.45, 7) is 8.63. The molecule has 34 heavy (non-hydrogen) atoms. The van der Waals surface area contributed by atoms with Gasteiger partial charge in [0.25, 0.3) is 5.91 Å². The van der Waals surface area contributed by atoms with Crippen LogP contribution >= 0.6 is 11.3 Å². The maximum atomic E-state index is 13.9. The maximum absolute atomic E-state index is 13.9. The van der Waals surface area contributed by atoms with Crippen LogP contribution in [0.1, 0.15) is 87.0 Å². The van der Waals surface area contributed by atoms with Crippen molar-refractivity contribution < 1.29 is 9.59 Å². The number of amides is 2. The summed E-state index contributed by atoms with van der Waals surface area (Å²) in [5.41, 5.74) is 0.974. The van der Waals surface area contributed by atoms with Crippen LogP contribution in [-0.2, 0) is 17.8 Å². The number of hydrogen-bond acceptors (Lipinski definition) is 4. The first-order chi connectivity index (χ1) is 16.5. The van der Waals surface area contributed by atoms with Crippen molar-refractivity contribution in [3.63, 3.8) is 0 Å². The normalized spacial score (nSPS) is 24.5. The summed E-state index contributed by atoms with van der Waals surface area (Å²) in [7, 11) is 0. The van der Waals surface area contributed by atoms with E-state index in [1.54, 1.807) is 11.3 Å². The average Bonchev–Trinajstić information content (AvgIpc) is 3.50. The number of carbonyl (C=O) groups is 2. The fourth-order valence-electron chi connectivity index (χ4n) is 6.14. The van der Waals surface area contributed by atoms with E-state index in [1.807, 2.05) is 11.8 Å². The molecule has 2 aromatic heterocycles. The first-order valence-electron chi connectivity index (χ1n) is 13.5. The molecule has 1 atom stereocenters. The summed E-state index contributed by atoms with van der Waals surface area (Å²) < 4.78 is 3.28. The van der Waals surface area contributed by atoms with Crippen molar-refractivity contribution in [2.24, 2.45) is 0 Å². The molecule has 2 amide bonds. The molecule has 0 bridgehead atoms. The lowest BCUT2D eigenvalue weighted by Gasteiger charge is -2.45. The van der Waals surface area contributed by atoms with Gasteiger partial charge in [0, 0.05) is 17.5 Å². The smallest absolute Gasteiger partial charge is 0.271 e. The van der Waals surface area contributed by atoms with E-state index in [1.165, 1.54) is 43.4 Å². The Labute approximate surface area is 207 Å². The number of nitrogens with one attached hydrogen (secondary N) is 1. The van der Waals surface area contributed by atoms with Crippen molar-refractivity contribution in [2.45, 2.75) is 96.2 Å². The third-order valence-electron chi connectivity index (χ3n) is 8.25. The Hall–Kier alpha value is -1.86. The number of aryl methyl sites for hydroxylation is 1. The van der Waals surface area contributed by atoms with Crippen LogP contribution in [0, 0.1) is 0 Å². The fraction of sp³-hybridized carbons (Fsp3) is 0.704. The predicted molar refractivity (Wildman–Crippen MR) is 139 cm³/mol. The zero-order valence-electron chi connectivity index (χ0n) is 20.9. The van der Waals surface area contributed by atoms with E-state index in [0.29, 0.717) is 13.1 Å². The van der Waals surface area contributed by atoms with Gasteiger partial charge in [0.2, 0.25) is 5.91 Å². The van der Waals surface area contributed by atoms with Crippen LogP contribution in [0.3, 0.4) is 0 Å². The van der Waals surface area contributed by atoms with Gasteiger partial charge in [-0.2, -0.15) is 0 Å². The number of aromatic nitrogens is 1. The van der Waals surface area contributed by atoms with Crippen LogP contribution in [0.25, 0.3) is 10.2 Å². The van der Waals surface area contributed by atoms with Gasteiger partial charge in [-0.15, -0.1) is 11.3 Å². The van der Waals surface area contributed by atoms with E-state index in [9.17, 15) is 9.59 Å². The molecular formula is C27H40N4O2S. The van der Waals surface area contributed by atoms with Crippen LogP contribution in [0.15, 0.2) is 12.1 Å². The minimum atomic E-state index is -0.873. The van der Waals surface area contributed by atoms with Crippen molar-refractivity contribution in [3.05, 3.63) is 22.7 Å². The maximum Gasteiger partial charge on any atom is 0.271 e. The van der Waals surface area contributed by atoms with Gasteiger partial charge >= 0.3 is 0 Å². The van der Waals surface area contributed by atoms with Gasteiger partial charge in [-0.1, -0.05) is 32.6 Å². The number of fused-ring (bicyclic) bond motifs is 3. The largest absolute Gasteiger partial charge is 0.351 e. The molecule has 0 radical (unpaired) electrons. The Bertz CT molecular complexity index is 1030. The third kappa shape index (κ3) is 4.53. The fourth-order valence-corrected chi connectivity index (χ4v) is 7.18. The van der Waals surface area contributed by atoms with Gasteiger partial charge in [-0.05, 0) is 77.2 Å². The predicted octanol–water partition coefficient (Wildman–Crippen LogP) is 4.80. The van der Waals surface area contributed by atoms with E-state index < -0.39 is 5.54 Å². The quantitative estimate of drug-likeness (QED) is 0.574. The summed E-state index contributed by atoms with van der Waals surface area (Å²) >= 11 is 1.77. The van der Waals surface area contributed by atoms with Crippen LogP contribution < -0.4 is 5.32 Å². The molecule has 0 aromatic carbocycles. The molecule has 2 aromatic rings. The van der Waals surface area contributed by atoms with Gasteiger partial charge in [0.15, 0.2) is 0 Å². The topological polar surface area (TPSA) is 57.6 Å². The molecule has 0 spiro atoms. The van der Waals surface area contributed by atoms with Crippen LogP contribution in [0.5, 0.6) is 0 Å². The minimum absolute atomic E-state index is 0.00707. The van der Waals surface area contributed by atoms with Crippen LogP contribution in [-0.4, -0.2) is 63.9 Å². The zero-order valence-corrected chi connectivity index (χ0v) is 21.7. The Balaban J connectivity index is 1.42. The molecule has 6 nitrogen and oxygen atoms in total. The van der Waals surface area contributed by atoms with Crippen molar-refractivity contribution in [1.29, 1.82) is 0 Å². The lowest BCUT2D eigenvalue weighted by Crippen LogP contribution is -2.65. The number of thiophene rings is 1. The Kier molecular flexibility index (Phi) is 7.03. The summed E-state index contributed by atoms with van der Waals surface area (Å²) in [5.74, 6) is 0.0278. The minimum Gasteiger partial charge on any atom is -0.351 e. The highest BCUT2D eigenvalue weighted by atomic mass is 32.1. The molecule has 1 N–H and O–H groups in total. The van der Waals surface area contributed by atoms with E-state index in [-0.39, 0.29) is 17.9 Å². The second-order valence-electron chi connectivity index (χ2n) is 10.7. The van der Waals surface area contributed by atoms with Gasteiger partial charge < -0.3 is 19.7 Å². The Morgan fingerprint density at radius 1 is 1.09 bits per heavy atom. The van der Waals surface area contributed by atoms with Gasteiger partial charge in [0.05, 0.1) is 16.8 Å². The lowest BCUT2D eigenvalue weighted by molar-refractivity contribution is -0.133. The molecule has 5 rings (SSSR count). The monoisotopic (exact) mass is 484 g/mol. The SMILES string of the molecule is CCc1cc2c(cc3n2CC(C)(C(=O)NC2CCCCCC2)N(CCCN2CCCC2)C3=O)s1. The van der Waals surface area contributed by atoms with Crippen molar-refractivity contribution >= 4 is 33.4 Å². The molecule has 1 aliphatic carbocycles. The highest BCUT2D eigenvalue weighted by Crippen LogP contribution is 2.36. The molecule has 3 aliphatic rings. The number of nitrogens with zero attached hydrogens (tertiary/aromatic N) is 3. The molecular weight excluding hydrogens is 444 g/mol. The summed E-state index contributed by atoms with van der Waals surface area (Å²) in [5, 5.41) is 3.38. The van der Waals surface area contributed by atoms with E-state index in [4.69, 9.17) is 0 Å². The summed E-state index contributed by atoms with van der Waals surface area (Å²) in [6.07, 6.45) is 11.4. The van der Waals surface area contributed by atoms with E-state index in [0.717, 1.165) is 61.2 Å². The van der Waals surface area contributed by atoms with Crippen molar-refractivity contribution in [3.8, 4) is 0 Å². The molecule has 1 saturated heterocycles. The number of rotatable bonds is 7. The molecule has 1 unspecified atom stereocenters. The van der Waals surface area contributed by atoms with Gasteiger partial charge in [0.1, 0.15) is 11.2 Å². The summed E-state index contributed by atoms with van der Waals surface area (Å²) in [4.78, 5) is 33.4. The number of carbonyl (C=O) groups excluding carboxylic acids is 2. The summed E-state index contributed by atoms with van der Waals surface area (Å²) in [6, 6.07) is 4.49. The second-order valence-corrected chi connectivity index (χ2v) is 11.9. The molecule has 2 aliphatic heterocycles. The van der Waals surface area contributed by atoms with Crippen LogP contribution in [0.2, 0.25) is 0 Å². The molecule has 2 fully saturated rings. The molecule has 1 saturated carbocycles. The average molecular weight is 485 g/mol. The van der Waals surface area contributed by atoms with Crippen molar-refractivity contribution in [2.75, 3.05) is 26.2 Å². The Morgan fingerprint density at radius 3 is 2.53 bits per heavy atom. The number of hydrogen-bond donors (Lipinski definition) is 1. The van der Waals surface area contributed by atoms with Crippen LogP contribution in [0.4, 0.5) is 0 Å². The molecule has 186 valence electrons. The number of likely N-dealkylation sites (tertiary alicyclic amines) is 1. The highest BCUT2D eigenvalue weighted by molar-refractivity contribution is 7.19. The second kappa shape index (κ2) is 10.0. The van der Waals surface area contributed by atoms with Gasteiger partial charge in [-0.3, -0.25) is 9.59 Å². The van der Waals surface area contributed by atoms with Gasteiger partial charge in [-0.25, -0.2) is 0 Å². The first-order valence-corrected chi connectivity index (χ1v) is 14.3. The Morgan fingerprint density at radius 2 is 1.82 bits per heavy atom. The standard InChI is InChI=1S/C27H40N4O2S/c1-3-21-17-22-24(34-21)18-23-25(32)31(16-10-15-29-13-8-9-14-29)27(2,19-30(22)23)26(33)28-20-11-6-4-5-7-12-20/h17-18,20H,3-16,19H2,1-2H3,(H,28,33). The van der Waals surface area contributed by atoms with E-state index in [2.05, 4.69) is 33.8 Å². The lowest BCUT2D eigenvalue weighted by atomic mass is 9.93. The van der Waals surface area contributed by atoms with Crippen molar-refractivity contribution in [1.82, 2.24) is 19.7 Å².